The number of amides is 2. The van der Waals surface area contributed by atoms with Gasteiger partial charge >= 0.3 is 0 Å². The lowest BCUT2D eigenvalue weighted by molar-refractivity contribution is -0.121. The molecule has 4 N–H and O–H groups in total. The lowest BCUT2D eigenvalue weighted by atomic mass is 9.98. The highest BCUT2D eigenvalue weighted by Gasteiger charge is 2.36. The first-order valence-corrected chi connectivity index (χ1v) is 7.58. The molecule has 2 aliphatic rings. The molecule has 0 aromatic heterocycles. The first-order chi connectivity index (χ1) is 10.1. The number of carbonyl (C=O) groups excluding carboxylic acids is 2. The van der Waals surface area contributed by atoms with E-state index in [4.69, 9.17) is 5.73 Å². The molecule has 0 aliphatic heterocycles. The van der Waals surface area contributed by atoms with E-state index in [1.807, 2.05) is 0 Å². The molecule has 2 saturated carbocycles. The number of hydrogen-bond acceptors (Lipinski definition) is 3. The van der Waals surface area contributed by atoms with Crippen molar-refractivity contribution in [2.75, 3.05) is 5.32 Å². The molecule has 2 fully saturated rings. The van der Waals surface area contributed by atoms with Crippen LogP contribution in [0.15, 0.2) is 24.3 Å². The Morgan fingerprint density at radius 1 is 1.10 bits per heavy atom. The van der Waals surface area contributed by atoms with Crippen LogP contribution in [0.2, 0.25) is 0 Å². The van der Waals surface area contributed by atoms with Crippen molar-refractivity contribution in [1.82, 2.24) is 5.32 Å². The van der Waals surface area contributed by atoms with E-state index in [0.29, 0.717) is 17.3 Å². The molecule has 2 aliphatic carbocycles. The summed E-state index contributed by atoms with van der Waals surface area (Å²) in [6.07, 6.45) is 5.62. The molecule has 112 valence electrons. The largest absolute Gasteiger partial charge is 0.349 e. The van der Waals surface area contributed by atoms with Crippen molar-refractivity contribution in [3.05, 3.63) is 29.8 Å². The Kier molecular flexibility index (Phi) is 3.68. The fourth-order valence-corrected chi connectivity index (χ4v) is 2.69. The SMILES string of the molecule is NC1(C(=O)Nc2ccc(C(=O)NC3CC3)cc2)CCCC1. The molecule has 0 radical (unpaired) electrons. The minimum absolute atomic E-state index is 0.0542. The van der Waals surface area contributed by atoms with Gasteiger partial charge < -0.3 is 16.4 Å². The molecule has 0 bridgehead atoms. The van der Waals surface area contributed by atoms with Gasteiger partial charge in [0.05, 0.1) is 5.54 Å². The summed E-state index contributed by atoms with van der Waals surface area (Å²) in [6.45, 7) is 0. The van der Waals surface area contributed by atoms with Gasteiger partial charge in [0.1, 0.15) is 0 Å². The van der Waals surface area contributed by atoms with Crippen LogP contribution in [0, 0.1) is 0 Å². The summed E-state index contributed by atoms with van der Waals surface area (Å²) in [6, 6.07) is 7.29. The number of nitrogens with one attached hydrogen (secondary N) is 2. The standard InChI is InChI=1S/C16H21N3O2/c17-16(9-1-2-10-16)15(21)19-13-5-3-11(4-6-13)14(20)18-12-7-8-12/h3-6,12H,1-2,7-10,17H2,(H,18,20)(H,19,21). The van der Waals surface area contributed by atoms with Crippen molar-refractivity contribution in [1.29, 1.82) is 0 Å². The number of rotatable bonds is 4. The predicted octanol–water partition coefficient (Wildman–Crippen LogP) is 1.79. The zero-order chi connectivity index (χ0) is 14.9. The molecule has 5 heteroatoms. The Hall–Kier alpha value is -1.88. The summed E-state index contributed by atoms with van der Waals surface area (Å²) in [5, 5.41) is 5.78. The molecule has 2 amide bonds. The van der Waals surface area contributed by atoms with Crippen LogP contribution in [0.4, 0.5) is 5.69 Å². The number of benzene rings is 1. The monoisotopic (exact) mass is 287 g/mol. The molecule has 0 unspecified atom stereocenters. The van der Waals surface area contributed by atoms with Gasteiger partial charge in [0.25, 0.3) is 5.91 Å². The zero-order valence-corrected chi connectivity index (χ0v) is 12.0. The summed E-state index contributed by atoms with van der Waals surface area (Å²) in [5.74, 6) is -0.184. The zero-order valence-electron chi connectivity index (χ0n) is 12.0. The minimum atomic E-state index is -0.734. The normalized spacial score (nSPS) is 20.0. The second kappa shape index (κ2) is 5.48. The van der Waals surface area contributed by atoms with Gasteiger partial charge in [-0.1, -0.05) is 12.8 Å². The van der Waals surface area contributed by atoms with Crippen molar-refractivity contribution < 1.29 is 9.59 Å². The highest BCUT2D eigenvalue weighted by atomic mass is 16.2. The molecular weight excluding hydrogens is 266 g/mol. The van der Waals surface area contributed by atoms with Crippen molar-refractivity contribution in [3.8, 4) is 0 Å². The van der Waals surface area contributed by atoms with Crippen molar-refractivity contribution in [2.24, 2.45) is 5.73 Å². The lowest BCUT2D eigenvalue weighted by Gasteiger charge is -2.22. The van der Waals surface area contributed by atoms with Gasteiger partial charge in [0.15, 0.2) is 0 Å². The Morgan fingerprint density at radius 3 is 2.29 bits per heavy atom. The second-order valence-electron chi connectivity index (χ2n) is 6.14. The second-order valence-corrected chi connectivity index (χ2v) is 6.14. The van der Waals surface area contributed by atoms with E-state index in [1.165, 1.54) is 0 Å². The van der Waals surface area contributed by atoms with Crippen molar-refractivity contribution in [2.45, 2.75) is 50.1 Å². The summed E-state index contributed by atoms with van der Waals surface area (Å²) in [5.41, 5.74) is 6.67. The van der Waals surface area contributed by atoms with Gasteiger partial charge in [-0.05, 0) is 49.9 Å². The van der Waals surface area contributed by atoms with E-state index < -0.39 is 5.54 Å². The van der Waals surface area contributed by atoms with Crippen LogP contribution in [0.5, 0.6) is 0 Å². The van der Waals surface area contributed by atoms with Gasteiger partial charge in [0.2, 0.25) is 5.91 Å². The number of carbonyl (C=O) groups is 2. The smallest absolute Gasteiger partial charge is 0.251 e. The molecule has 0 saturated heterocycles. The van der Waals surface area contributed by atoms with Gasteiger partial charge in [-0.2, -0.15) is 0 Å². The highest BCUT2D eigenvalue weighted by Crippen LogP contribution is 2.28. The van der Waals surface area contributed by atoms with Crippen LogP contribution in [0.1, 0.15) is 48.9 Å². The Balaban J connectivity index is 1.61. The molecule has 1 aromatic carbocycles. The van der Waals surface area contributed by atoms with Gasteiger partial charge in [-0.15, -0.1) is 0 Å². The van der Waals surface area contributed by atoms with Crippen LogP contribution in [-0.4, -0.2) is 23.4 Å². The van der Waals surface area contributed by atoms with E-state index in [-0.39, 0.29) is 11.8 Å². The molecule has 3 rings (SSSR count). The molecule has 0 spiro atoms. The maximum atomic E-state index is 12.2. The van der Waals surface area contributed by atoms with Crippen LogP contribution in [-0.2, 0) is 4.79 Å². The van der Waals surface area contributed by atoms with E-state index >= 15 is 0 Å². The maximum Gasteiger partial charge on any atom is 0.251 e. The van der Waals surface area contributed by atoms with E-state index in [0.717, 1.165) is 38.5 Å². The average Bonchev–Trinajstić information content (AvgIpc) is 3.17. The maximum absolute atomic E-state index is 12.2. The molecule has 5 nitrogen and oxygen atoms in total. The van der Waals surface area contributed by atoms with E-state index in [9.17, 15) is 9.59 Å². The first kappa shape index (κ1) is 14.1. The van der Waals surface area contributed by atoms with Crippen molar-refractivity contribution >= 4 is 17.5 Å². The predicted molar refractivity (Wildman–Crippen MR) is 80.9 cm³/mol. The topological polar surface area (TPSA) is 84.2 Å². The summed E-state index contributed by atoms with van der Waals surface area (Å²) >= 11 is 0. The summed E-state index contributed by atoms with van der Waals surface area (Å²) in [4.78, 5) is 24.1. The molecule has 1 aromatic rings. The van der Waals surface area contributed by atoms with Crippen LogP contribution in [0.25, 0.3) is 0 Å². The number of hydrogen-bond donors (Lipinski definition) is 3. The molecule has 0 heterocycles. The quantitative estimate of drug-likeness (QED) is 0.789. The number of anilines is 1. The van der Waals surface area contributed by atoms with E-state index in [1.54, 1.807) is 24.3 Å². The average molecular weight is 287 g/mol. The molecule has 21 heavy (non-hydrogen) atoms. The first-order valence-electron chi connectivity index (χ1n) is 7.58. The third kappa shape index (κ3) is 3.24. The number of nitrogens with two attached hydrogens (primary N) is 1. The van der Waals surface area contributed by atoms with Gasteiger partial charge in [-0.25, -0.2) is 0 Å². The van der Waals surface area contributed by atoms with Gasteiger partial charge in [0, 0.05) is 17.3 Å². The van der Waals surface area contributed by atoms with Crippen molar-refractivity contribution in [3.63, 3.8) is 0 Å². The van der Waals surface area contributed by atoms with E-state index in [2.05, 4.69) is 10.6 Å². The third-order valence-electron chi connectivity index (χ3n) is 4.27. The molecular formula is C16H21N3O2. The van der Waals surface area contributed by atoms with Crippen LogP contribution in [0.3, 0.4) is 0 Å². The Bertz CT molecular complexity index is 543. The third-order valence-corrected chi connectivity index (χ3v) is 4.27. The lowest BCUT2D eigenvalue weighted by Crippen LogP contribution is -2.48. The van der Waals surface area contributed by atoms with Crippen LogP contribution < -0.4 is 16.4 Å². The van der Waals surface area contributed by atoms with Gasteiger partial charge in [-0.3, -0.25) is 9.59 Å². The fraction of sp³-hybridized carbons (Fsp3) is 0.500. The summed E-state index contributed by atoms with van der Waals surface area (Å²) in [7, 11) is 0. The van der Waals surface area contributed by atoms with Crippen LogP contribution >= 0.6 is 0 Å². The summed E-state index contributed by atoms with van der Waals surface area (Å²) < 4.78 is 0. The molecule has 0 atom stereocenters. The highest BCUT2D eigenvalue weighted by molar-refractivity contribution is 5.99. The Morgan fingerprint density at radius 2 is 1.71 bits per heavy atom. The fourth-order valence-electron chi connectivity index (χ4n) is 2.69. The Labute approximate surface area is 124 Å². The minimum Gasteiger partial charge on any atom is -0.349 e.